The molecule has 15 heavy (non-hydrogen) atoms. The minimum Gasteiger partial charge on any atom is -0.466 e. The van der Waals surface area contributed by atoms with E-state index in [1.165, 1.54) is 7.11 Å². The number of hydrogen-bond acceptors (Lipinski definition) is 4. The summed E-state index contributed by atoms with van der Waals surface area (Å²) >= 11 is 0. The number of aliphatic hydroxyl groups excluding tert-OH is 1. The van der Waals surface area contributed by atoms with E-state index in [0.717, 1.165) is 19.4 Å². The molecule has 4 nitrogen and oxygen atoms in total. The van der Waals surface area contributed by atoms with E-state index >= 15 is 0 Å². The Labute approximate surface area is 90.5 Å². The fourth-order valence-corrected chi connectivity index (χ4v) is 1.84. The van der Waals surface area contributed by atoms with Crippen LogP contribution in [0.15, 0.2) is 11.6 Å². The van der Waals surface area contributed by atoms with Gasteiger partial charge in [0.1, 0.15) is 0 Å². The van der Waals surface area contributed by atoms with Crippen molar-refractivity contribution in [3.05, 3.63) is 11.6 Å². The smallest absolute Gasteiger partial charge is 0.333 e. The predicted octanol–water partition coefficient (Wildman–Crippen LogP) is 0.562. The van der Waals surface area contributed by atoms with Gasteiger partial charge in [-0.15, -0.1) is 0 Å². The van der Waals surface area contributed by atoms with Gasteiger partial charge >= 0.3 is 5.97 Å². The monoisotopic (exact) mass is 213 g/mol. The van der Waals surface area contributed by atoms with Crippen molar-refractivity contribution in [2.75, 3.05) is 26.8 Å². The Bertz CT molecular complexity index is 250. The number of hydrogen-bond donors (Lipinski definition) is 1. The van der Waals surface area contributed by atoms with Crippen LogP contribution in [-0.2, 0) is 9.53 Å². The van der Waals surface area contributed by atoms with E-state index in [1.54, 1.807) is 6.92 Å². The van der Waals surface area contributed by atoms with Crippen LogP contribution in [0.3, 0.4) is 0 Å². The van der Waals surface area contributed by atoms with E-state index in [-0.39, 0.29) is 18.6 Å². The summed E-state index contributed by atoms with van der Waals surface area (Å²) in [6.07, 6.45) is 4.03. The highest BCUT2D eigenvalue weighted by atomic mass is 16.5. The molecule has 1 aliphatic heterocycles. The normalized spacial score (nSPS) is 23.1. The molecular weight excluding hydrogens is 194 g/mol. The third kappa shape index (κ3) is 3.32. The minimum atomic E-state index is -0.283. The van der Waals surface area contributed by atoms with Crippen molar-refractivity contribution < 1.29 is 14.6 Å². The Morgan fingerprint density at radius 2 is 2.40 bits per heavy atom. The maximum Gasteiger partial charge on any atom is 0.333 e. The third-order valence-electron chi connectivity index (χ3n) is 2.85. The second-order valence-electron chi connectivity index (χ2n) is 3.85. The highest BCUT2D eigenvalue weighted by Crippen LogP contribution is 2.16. The van der Waals surface area contributed by atoms with Crippen LogP contribution in [0.1, 0.15) is 19.8 Å². The zero-order valence-corrected chi connectivity index (χ0v) is 9.40. The molecule has 0 aromatic heterocycles. The van der Waals surface area contributed by atoms with Gasteiger partial charge in [-0.05, 0) is 26.3 Å². The van der Waals surface area contributed by atoms with Crippen molar-refractivity contribution in [3.8, 4) is 0 Å². The summed E-state index contributed by atoms with van der Waals surface area (Å²) in [6.45, 7) is 3.66. The van der Waals surface area contributed by atoms with Crippen LogP contribution in [0.5, 0.6) is 0 Å². The predicted molar refractivity (Wildman–Crippen MR) is 57.5 cm³/mol. The van der Waals surface area contributed by atoms with Gasteiger partial charge < -0.3 is 9.84 Å². The van der Waals surface area contributed by atoms with E-state index in [4.69, 9.17) is 5.11 Å². The summed E-state index contributed by atoms with van der Waals surface area (Å²) in [6, 6.07) is 0.256. The van der Waals surface area contributed by atoms with Crippen molar-refractivity contribution in [2.45, 2.75) is 25.8 Å². The maximum absolute atomic E-state index is 11.1. The molecule has 1 saturated heterocycles. The molecular formula is C11H19NO3. The lowest BCUT2D eigenvalue weighted by atomic mass is 10.2. The number of rotatable bonds is 4. The van der Waals surface area contributed by atoms with E-state index in [0.29, 0.717) is 12.1 Å². The second-order valence-corrected chi connectivity index (χ2v) is 3.85. The zero-order chi connectivity index (χ0) is 11.3. The summed E-state index contributed by atoms with van der Waals surface area (Å²) in [5, 5.41) is 9.10. The van der Waals surface area contributed by atoms with Gasteiger partial charge in [0.15, 0.2) is 0 Å². The standard InChI is InChI=1S/C11H19NO3/c1-9(11(14)15-2)5-7-12-6-3-4-10(12)8-13/h5,10,13H,3-4,6-8H2,1-2H3. The summed E-state index contributed by atoms with van der Waals surface area (Å²) in [5.41, 5.74) is 0.626. The third-order valence-corrected chi connectivity index (χ3v) is 2.85. The van der Waals surface area contributed by atoms with Gasteiger partial charge in [0, 0.05) is 18.2 Å². The van der Waals surface area contributed by atoms with Crippen molar-refractivity contribution in [2.24, 2.45) is 0 Å². The first-order valence-electron chi connectivity index (χ1n) is 5.29. The van der Waals surface area contributed by atoms with Gasteiger partial charge in [-0.2, -0.15) is 0 Å². The van der Waals surface area contributed by atoms with Crippen molar-refractivity contribution in [1.82, 2.24) is 4.90 Å². The van der Waals surface area contributed by atoms with Crippen molar-refractivity contribution in [1.29, 1.82) is 0 Å². The van der Waals surface area contributed by atoms with E-state index in [1.807, 2.05) is 6.08 Å². The van der Waals surface area contributed by atoms with Crippen molar-refractivity contribution >= 4 is 5.97 Å². The molecule has 0 spiro atoms. The number of esters is 1. The quantitative estimate of drug-likeness (QED) is 0.547. The molecule has 86 valence electrons. The SMILES string of the molecule is COC(=O)C(C)=CCN1CCCC1CO. The Morgan fingerprint density at radius 3 is 3.00 bits per heavy atom. The Morgan fingerprint density at radius 1 is 1.67 bits per heavy atom. The first-order valence-corrected chi connectivity index (χ1v) is 5.29. The van der Waals surface area contributed by atoms with Gasteiger partial charge in [0.05, 0.1) is 13.7 Å². The van der Waals surface area contributed by atoms with Gasteiger partial charge in [-0.25, -0.2) is 4.79 Å². The number of likely N-dealkylation sites (tertiary alicyclic amines) is 1. The number of carbonyl (C=O) groups excluding carboxylic acids is 1. The summed E-state index contributed by atoms with van der Waals surface area (Å²) < 4.78 is 4.61. The van der Waals surface area contributed by atoms with Crippen LogP contribution in [0.2, 0.25) is 0 Å². The molecule has 1 N–H and O–H groups in total. The molecule has 0 bridgehead atoms. The maximum atomic E-state index is 11.1. The molecule has 0 aliphatic carbocycles. The first kappa shape index (κ1) is 12.2. The molecule has 0 radical (unpaired) electrons. The average molecular weight is 213 g/mol. The largest absolute Gasteiger partial charge is 0.466 e. The van der Waals surface area contributed by atoms with Crippen LogP contribution >= 0.6 is 0 Å². The van der Waals surface area contributed by atoms with Crippen LogP contribution in [0.4, 0.5) is 0 Å². The lowest BCUT2D eigenvalue weighted by Gasteiger charge is -2.20. The van der Waals surface area contributed by atoms with Crippen LogP contribution in [-0.4, -0.2) is 48.8 Å². The molecule has 1 unspecified atom stereocenters. The molecule has 0 saturated carbocycles. The minimum absolute atomic E-state index is 0.200. The fourth-order valence-electron chi connectivity index (χ4n) is 1.84. The number of ether oxygens (including phenoxy) is 1. The van der Waals surface area contributed by atoms with Crippen LogP contribution in [0, 0.1) is 0 Å². The van der Waals surface area contributed by atoms with Crippen molar-refractivity contribution in [3.63, 3.8) is 0 Å². The average Bonchev–Trinajstić information content (AvgIpc) is 2.71. The lowest BCUT2D eigenvalue weighted by Crippen LogP contribution is -2.32. The van der Waals surface area contributed by atoms with Crippen LogP contribution < -0.4 is 0 Å². The van der Waals surface area contributed by atoms with Crippen LogP contribution in [0.25, 0.3) is 0 Å². The van der Waals surface area contributed by atoms with E-state index < -0.39 is 0 Å². The topological polar surface area (TPSA) is 49.8 Å². The first-order chi connectivity index (χ1) is 7.19. The zero-order valence-electron chi connectivity index (χ0n) is 9.40. The molecule has 1 fully saturated rings. The molecule has 0 aromatic carbocycles. The molecule has 1 heterocycles. The number of carbonyl (C=O) groups is 1. The molecule has 1 aliphatic rings. The van der Waals surface area contributed by atoms with E-state index in [2.05, 4.69) is 9.64 Å². The fraction of sp³-hybridized carbons (Fsp3) is 0.727. The van der Waals surface area contributed by atoms with Gasteiger partial charge in [-0.1, -0.05) is 6.08 Å². The molecule has 4 heteroatoms. The Kier molecular flexibility index (Phi) is 4.78. The highest BCUT2D eigenvalue weighted by molar-refractivity contribution is 5.87. The highest BCUT2D eigenvalue weighted by Gasteiger charge is 2.22. The van der Waals surface area contributed by atoms with Gasteiger partial charge in [0.2, 0.25) is 0 Å². The summed E-state index contributed by atoms with van der Waals surface area (Å²) in [7, 11) is 1.38. The molecule has 1 atom stereocenters. The Hall–Kier alpha value is -0.870. The lowest BCUT2D eigenvalue weighted by molar-refractivity contribution is -0.136. The second kappa shape index (κ2) is 5.88. The Balaban J connectivity index is 2.44. The summed E-state index contributed by atoms with van der Waals surface area (Å²) in [4.78, 5) is 13.3. The summed E-state index contributed by atoms with van der Waals surface area (Å²) in [5.74, 6) is -0.283. The molecule has 1 rings (SSSR count). The number of aliphatic hydroxyl groups is 1. The van der Waals surface area contributed by atoms with E-state index in [9.17, 15) is 4.79 Å². The van der Waals surface area contributed by atoms with Gasteiger partial charge in [-0.3, -0.25) is 4.90 Å². The molecule has 0 aromatic rings. The molecule has 0 amide bonds. The number of nitrogens with zero attached hydrogens (tertiary/aromatic N) is 1. The van der Waals surface area contributed by atoms with Gasteiger partial charge in [0.25, 0.3) is 0 Å². The number of methoxy groups -OCH3 is 1.